The molecular formula is C29H25F3N6O2. The molecular weight excluding hydrogens is 521 g/mol. The lowest BCUT2D eigenvalue weighted by molar-refractivity contribution is -0.137. The van der Waals surface area contributed by atoms with Crippen molar-refractivity contribution < 1.29 is 22.4 Å². The van der Waals surface area contributed by atoms with Crippen LogP contribution < -0.4 is 0 Å². The van der Waals surface area contributed by atoms with Gasteiger partial charge in [0.25, 0.3) is 5.91 Å². The molecule has 1 amide bonds. The zero-order valence-corrected chi connectivity index (χ0v) is 21.5. The fourth-order valence-corrected chi connectivity index (χ4v) is 5.02. The summed E-state index contributed by atoms with van der Waals surface area (Å²) in [5, 5.41) is 7.34. The maximum absolute atomic E-state index is 13.4. The van der Waals surface area contributed by atoms with E-state index in [2.05, 4.69) is 37.2 Å². The molecule has 1 aliphatic rings. The number of carbonyl (C=O) groups is 1. The molecule has 3 heterocycles. The zero-order valence-electron chi connectivity index (χ0n) is 21.5. The van der Waals surface area contributed by atoms with Crippen LogP contribution >= 0.6 is 0 Å². The molecule has 1 N–H and O–H groups in total. The number of aromatic amines is 1. The topological polar surface area (TPSA) is 91.2 Å². The Morgan fingerprint density at radius 3 is 2.42 bits per heavy atom. The molecule has 8 nitrogen and oxygen atoms in total. The Balaban J connectivity index is 1.19. The number of fused-ring (bicyclic) bond motifs is 1. The average molecular weight is 547 g/mol. The summed E-state index contributed by atoms with van der Waals surface area (Å²) in [5.74, 6) is 1.45. The number of nitrogens with zero attached hydrogens (tertiary/aromatic N) is 5. The van der Waals surface area contributed by atoms with Gasteiger partial charge in [0.05, 0.1) is 11.6 Å². The lowest BCUT2D eigenvalue weighted by Gasteiger charge is -2.38. The second-order valence-electron chi connectivity index (χ2n) is 9.70. The van der Waals surface area contributed by atoms with Gasteiger partial charge < -0.3 is 9.32 Å². The molecule has 1 atom stereocenters. The number of hydrogen-bond acceptors (Lipinski definition) is 6. The van der Waals surface area contributed by atoms with Gasteiger partial charge >= 0.3 is 6.18 Å². The van der Waals surface area contributed by atoms with Gasteiger partial charge in [0, 0.05) is 37.3 Å². The number of oxazole rings is 1. The highest BCUT2D eigenvalue weighted by Crippen LogP contribution is 2.33. The molecule has 0 saturated carbocycles. The standard InChI is InChI=1S/C29H25F3N6O2/c1-18-33-26(36-35-18)25(19-6-3-2-4-7-19)37-12-14-38(15-13-37)28(39)21-9-5-8-20(16-21)27-34-23-17-22(29(30,31)32)10-11-24(23)40-27/h2-11,16-17,25H,12-15H2,1H3,(H,33,35,36). The molecule has 5 aromatic rings. The first-order valence-electron chi connectivity index (χ1n) is 12.8. The maximum Gasteiger partial charge on any atom is 0.416 e. The van der Waals surface area contributed by atoms with Crippen molar-refractivity contribution in [2.45, 2.75) is 19.1 Å². The number of aromatic nitrogens is 4. The van der Waals surface area contributed by atoms with Gasteiger partial charge in [-0.3, -0.25) is 14.8 Å². The number of hydrogen-bond donors (Lipinski definition) is 1. The van der Waals surface area contributed by atoms with Gasteiger partial charge in [-0.25, -0.2) is 9.97 Å². The summed E-state index contributed by atoms with van der Waals surface area (Å²) in [7, 11) is 0. The first-order chi connectivity index (χ1) is 19.3. The number of alkyl halides is 3. The third kappa shape index (κ3) is 5.07. The van der Waals surface area contributed by atoms with Crippen molar-refractivity contribution in [3.63, 3.8) is 0 Å². The molecule has 2 aromatic heterocycles. The molecule has 3 aromatic carbocycles. The van der Waals surface area contributed by atoms with Crippen LogP contribution in [0.2, 0.25) is 0 Å². The van der Waals surface area contributed by atoms with Crippen molar-refractivity contribution in [1.29, 1.82) is 0 Å². The summed E-state index contributed by atoms with van der Waals surface area (Å²) in [5.41, 5.74) is 1.59. The minimum Gasteiger partial charge on any atom is -0.436 e. The summed E-state index contributed by atoms with van der Waals surface area (Å²) in [6, 6.07) is 19.9. The Bertz CT molecular complexity index is 1660. The van der Waals surface area contributed by atoms with Crippen LogP contribution in [0.15, 0.2) is 77.2 Å². The number of aryl methyl sites for hydroxylation is 1. The molecule has 11 heteroatoms. The highest BCUT2D eigenvalue weighted by atomic mass is 19.4. The molecule has 1 saturated heterocycles. The fraction of sp³-hybridized carbons (Fsp3) is 0.241. The Hall–Kier alpha value is -4.51. The fourth-order valence-electron chi connectivity index (χ4n) is 5.02. The van der Waals surface area contributed by atoms with Crippen LogP contribution in [0.5, 0.6) is 0 Å². The number of amides is 1. The van der Waals surface area contributed by atoms with Crippen LogP contribution in [0, 0.1) is 6.92 Å². The van der Waals surface area contributed by atoms with E-state index >= 15 is 0 Å². The molecule has 1 unspecified atom stereocenters. The van der Waals surface area contributed by atoms with Crippen molar-refractivity contribution in [3.8, 4) is 11.5 Å². The summed E-state index contributed by atoms with van der Waals surface area (Å²) in [6.45, 7) is 4.15. The van der Waals surface area contributed by atoms with Gasteiger partial charge in [0.15, 0.2) is 11.4 Å². The quantitative estimate of drug-likeness (QED) is 0.314. The molecule has 1 aliphatic heterocycles. The first kappa shape index (κ1) is 25.8. The van der Waals surface area contributed by atoms with Crippen molar-refractivity contribution in [2.24, 2.45) is 0 Å². The molecule has 0 aliphatic carbocycles. The van der Waals surface area contributed by atoms with Gasteiger partial charge in [0.1, 0.15) is 11.3 Å². The first-order valence-corrected chi connectivity index (χ1v) is 12.8. The second kappa shape index (κ2) is 10.2. The number of halogens is 3. The normalized spacial score (nSPS) is 15.4. The Kier molecular flexibility index (Phi) is 6.59. The molecule has 204 valence electrons. The third-order valence-electron chi connectivity index (χ3n) is 7.01. The van der Waals surface area contributed by atoms with Gasteiger partial charge in [0.2, 0.25) is 5.89 Å². The minimum absolute atomic E-state index is 0.104. The van der Waals surface area contributed by atoms with Gasteiger partial charge in [-0.05, 0) is 48.9 Å². The van der Waals surface area contributed by atoms with Crippen molar-refractivity contribution in [3.05, 3.63) is 101 Å². The largest absolute Gasteiger partial charge is 0.436 e. The third-order valence-corrected chi connectivity index (χ3v) is 7.01. The lowest BCUT2D eigenvalue weighted by atomic mass is 10.0. The number of H-pyrrole nitrogens is 1. The van der Waals surface area contributed by atoms with E-state index in [4.69, 9.17) is 4.42 Å². The Morgan fingerprint density at radius 1 is 0.950 bits per heavy atom. The van der Waals surface area contributed by atoms with Gasteiger partial charge in [-0.2, -0.15) is 18.3 Å². The van der Waals surface area contributed by atoms with E-state index in [1.165, 1.54) is 6.07 Å². The van der Waals surface area contributed by atoms with Crippen LogP contribution in [-0.2, 0) is 6.18 Å². The minimum atomic E-state index is -4.47. The number of carbonyl (C=O) groups excluding carboxylic acids is 1. The van der Waals surface area contributed by atoms with Crippen LogP contribution in [-0.4, -0.2) is 62.1 Å². The van der Waals surface area contributed by atoms with Crippen LogP contribution in [0.3, 0.4) is 0 Å². The summed E-state index contributed by atoms with van der Waals surface area (Å²) < 4.78 is 45.0. The summed E-state index contributed by atoms with van der Waals surface area (Å²) >= 11 is 0. The van der Waals surface area contributed by atoms with E-state index in [1.807, 2.05) is 25.1 Å². The smallest absolute Gasteiger partial charge is 0.416 e. The Labute approximate surface area is 227 Å². The second-order valence-corrected chi connectivity index (χ2v) is 9.70. The molecule has 1 fully saturated rings. The molecule has 0 spiro atoms. The van der Waals surface area contributed by atoms with Gasteiger partial charge in [-0.15, -0.1) is 0 Å². The molecule has 6 rings (SSSR count). The van der Waals surface area contributed by atoms with Crippen LogP contribution in [0.25, 0.3) is 22.6 Å². The predicted octanol–water partition coefficient (Wildman–Crippen LogP) is 5.49. The Morgan fingerprint density at radius 2 is 1.73 bits per heavy atom. The van der Waals surface area contributed by atoms with E-state index in [0.29, 0.717) is 43.1 Å². The monoisotopic (exact) mass is 546 g/mol. The van der Waals surface area contributed by atoms with Crippen molar-refractivity contribution in [1.82, 2.24) is 30.0 Å². The van der Waals surface area contributed by atoms with Crippen LogP contribution in [0.1, 0.15) is 39.2 Å². The molecule has 0 radical (unpaired) electrons. The van der Waals surface area contributed by atoms with E-state index in [0.717, 1.165) is 23.5 Å². The van der Waals surface area contributed by atoms with Crippen molar-refractivity contribution in [2.75, 3.05) is 26.2 Å². The number of rotatable bonds is 5. The average Bonchev–Trinajstić information content (AvgIpc) is 3.59. The van der Waals surface area contributed by atoms with Crippen LogP contribution in [0.4, 0.5) is 13.2 Å². The molecule has 40 heavy (non-hydrogen) atoms. The summed E-state index contributed by atoms with van der Waals surface area (Å²) in [6.07, 6.45) is -4.47. The SMILES string of the molecule is Cc1nc(C(c2ccccc2)N2CCN(C(=O)c3cccc(-c4nc5cc(C(F)(F)F)ccc5o4)c3)CC2)n[nH]1. The van der Waals surface area contributed by atoms with E-state index in [9.17, 15) is 18.0 Å². The number of benzene rings is 3. The predicted molar refractivity (Wildman–Crippen MR) is 141 cm³/mol. The summed E-state index contributed by atoms with van der Waals surface area (Å²) in [4.78, 5) is 26.3. The van der Waals surface area contributed by atoms with E-state index < -0.39 is 11.7 Å². The van der Waals surface area contributed by atoms with E-state index in [-0.39, 0.29) is 28.9 Å². The number of piperazine rings is 1. The van der Waals surface area contributed by atoms with Crippen molar-refractivity contribution >= 4 is 17.0 Å². The molecule has 0 bridgehead atoms. The zero-order chi connectivity index (χ0) is 27.9. The van der Waals surface area contributed by atoms with E-state index in [1.54, 1.807) is 29.2 Å². The number of nitrogens with one attached hydrogen (secondary N) is 1. The highest BCUT2D eigenvalue weighted by molar-refractivity contribution is 5.95. The highest BCUT2D eigenvalue weighted by Gasteiger charge is 2.32. The maximum atomic E-state index is 13.4. The van der Waals surface area contributed by atoms with Gasteiger partial charge in [-0.1, -0.05) is 36.4 Å². The lowest BCUT2D eigenvalue weighted by Crippen LogP contribution is -2.50.